The highest BCUT2D eigenvalue weighted by molar-refractivity contribution is 7.99. The van der Waals surface area contributed by atoms with E-state index < -0.39 is 0 Å². The summed E-state index contributed by atoms with van der Waals surface area (Å²) >= 11 is 1.70. The predicted molar refractivity (Wildman–Crippen MR) is 123 cm³/mol. The lowest BCUT2D eigenvalue weighted by molar-refractivity contribution is -0.117. The highest BCUT2D eigenvalue weighted by Gasteiger charge is 2.30. The molecule has 0 radical (unpaired) electrons. The molecule has 2 atom stereocenters. The van der Waals surface area contributed by atoms with Gasteiger partial charge in [-0.25, -0.2) is 0 Å². The second-order valence-corrected chi connectivity index (χ2v) is 8.31. The van der Waals surface area contributed by atoms with Crippen LogP contribution < -0.4 is 16.0 Å². The van der Waals surface area contributed by atoms with Crippen LogP contribution in [0, 0.1) is 0 Å². The van der Waals surface area contributed by atoms with E-state index in [1.807, 2.05) is 66.7 Å². The third-order valence-electron chi connectivity index (χ3n) is 4.89. The third-order valence-corrected chi connectivity index (χ3v) is 6.16. The second-order valence-electron chi connectivity index (χ2n) is 7.17. The van der Waals surface area contributed by atoms with Gasteiger partial charge in [-0.2, -0.15) is 0 Å². The smallest absolute Gasteiger partial charge is 0.242 e. The van der Waals surface area contributed by atoms with E-state index in [1.165, 1.54) is 6.92 Å². The van der Waals surface area contributed by atoms with Crippen molar-refractivity contribution < 1.29 is 9.59 Å². The summed E-state index contributed by atoms with van der Waals surface area (Å²) in [6, 6.07) is 25.5. The van der Waals surface area contributed by atoms with Gasteiger partial charge in [-0.05, 0) is 41.0 Å². The van der Waals surface area contributed by atoms with Gasteiger partial charge in [-0.1, -0.05) is 54.6 Å². The van der Waals surface area contributed by atoms with Crippen LogP contribution >= 0.6 is 11.8 Å². The fourth-order valence-electron chi connectivity index (χ4n) is 3.37. The van der Waals surface area contributed by atoms with Crippen LogP contribution in [0.25, 0.3) is 11.1 Å². The summed E-state index contributed by atoms with van der Waals surface area (Å²) in [5, 5.41) is 9.20. The quantitative estimate of drug-likeness (QED) is 0.565. The molecule has 5 nitrogen and oxygen atoms in total. The topological polar surface area (TPSA) is 70.2 Å². The SMILES string of the molecule is CC(=O)Nc1ccc(C2N[C@H](C(=O)Nc3ccc(-c4ccccc4)cc3)CS2)cc1. The first-order chi connectivity index (χ1) is 14.6. The Balaban J connectivity index is 1.34. The maximum atomic E-state index is 12.7. The van der Waals surface area contributed by atoms with Crippen LogP contribution in [0.5, 0.6) is 0 Å². The van der Waals surface area contributed by atoms with Crippen molar-refractivity contribution in [2.45, 2.75) is 18.3 Å². The summed E-state index contributed by atoms with van der Waals surface area (Å²) in [5.74, 6) is 0.573. The van der Waals surface area contributed by atoms with Gasteiger partial charge in [0.05, 0.1) is 11.4 Å². The first-order valence-electron chi connectivity index (χ1n) is 9.80. The van der Waals surface area contributed by atoms with Crippen LogP contribution in [0.2, 0.25) is 0 Å². The molecule has 1 fully saturated rings. The summed E-state index contributed by atoms with van der Waals surface area (Å²) in [6.07, 6.45) is 0. The molecule has 1 unspecified atom stereocenters. The molecule has 1 heterocycles. The lowest BCUT2D eigenvalue weighted by Crippen LogP contribution is -2.38. The average Bonchev–Trinajstić information content (AvgIpc) is 3.25. The van der Waals surface area contributed by atoms with Crippen molar-refractivity contribution in [1.82, 2.24) is 5.32 Å². The Morgan fingerprint density at radius 2 is 1.43 bits per heavy atom. The van der Waals surface area contributed by atoms with Crippen LogP contribution in [-0.2, 0) is 9.59 Å². The molecule has 3 N–H and O–H groups in total. The zero-order valence-corrected chi connectivity index (χ0v) is 17.4. The number of anilines is 2. The van der Waals surface area contributed by atoms with Crippen LogP contribution in [0.3, 0.4) is 0 Å². The van der Waals surface area contributed by atoms with Gasteiger partial charge in [0.2, 0.25) is 11.8 Å². The molecule has 1 aliphatic heterocycles. The molecular weight excluding hydrogens is 394 g/mol. The Morgan fingerprint density at radius 3 is 2.10 bits per heavy atom. The molecule has 0 aromatic heterocycles. The maximum absolute atomic E-state index is 12.7. The van der Waals surface area contributed by atoms with Gasteiger partial charge in [0.25, 0.3) is 0 Å². The molecular formula is C24H23N3O2S. The number of benzene rings is 3. The van der Waals surface area contributed by atoms with E-state index in [9.17, 15) is 9.59 Å². The summed E-state index contributed by atoms with van der Waals surface area (Å²) in [6.45, 7) is 1.49. The minimum Gasteiger partial charge on any atom is -0.326 e. The van der Waals surface area contributed by atoms with Gasteiger partial charge in [0, 0.05) is 24.1 Å². The van der Waals surface area contributed by atoms with Crippen molar-refractivity contribution >= 4 is 35.0 Å². The largest absolute Gasteiger partial charge is 0.326 e. The van der Waals surface area contributed by atoms with Gasteiger partial charge >= 0.3 is 0 Å². The van der Waals surface area contributed by atoms with E-state index >= 15 is 0 Å². The minimum absolute atomic E-state index is 0.0349. The number of carbonyl (C=O) groups excluding carboxylic acids is 2. The van der Waals surface area contributed by atoms with Crippen molar-refractivity contribution in [3.05, 3.63) is 84.4 Å². The molecule has 1 aliphatic rings. The summed E-state index contributed by atoms with van der Waals surface area (Å²) in [4.78, 5) is 23.8. The Morgan fingerprint density at radius 1 is 0.833 bits per heavy atom. The van der Waals surface area contributed by atoms with E-state index in [0.29, 0.717) is 5.75 Å². The van der Waals surface area contributed by atoms with Gasteiger partial charge in [-0.15, -0.1) is 11.8 Å². The molecule has 3 aromatic carbocycles. The molecule has 152 valence electrons. The highest BCUT2D eigenvalue weighted by atomic mass is 32.2. The highest BCUT2D eigenvalue weighted by Crippen LogP contribution is 2.33. The van der Waals surface area contributed by atoms with Crippen LogP contribution in [0.4, 0.5) is 11.4 Å². The summed E-state index contributed by atoms with van der Waals surface area (Å²) < 4.78 is 0. The third kappa shape index (κ3) is 4.90. The van der Waals surface area contributed by atoms with Crippen molar-refractivity contribution in [3.63, 3.8) is 0 Å². The normalized spacial score (nSPS) is 18.0. The second kappa shape index (κ2) is 9.15. The molecule has 4 rings (SSSR count). The monoisotopic (exact) mass is 417 g/mol. The fraction of sp³-hybridized carbons (Fsp3) is 0.167. The van der Waals surface area contributed by atoms with Gasteiger partial charge < -0.3 is 10.6 Å². The first-order valence-corrected chi connectivity index (χ1v) is 10.8. The summed E-state index contributed by atoms with van der Waals surface area (Å²) in [5.41, 5.74) is 4.90. The van der Waals surface area contributed by atoms with Crippen LogP contribution in [-0.4, -0.2) is 23.6 Å². The Labute approximate surface area is 180 Å². The molecule has 3 aromatic rings. The standard InChI is InChI=1S/C24H23N3O2S/c1-16(28)25-20-13-9-19(10-14-20)24-27-22(15-30-24)23(29)26-21-11-7-18(8-12-21)17-5-3-2-4-6-17/h2-14,22,24,27H,15H2,1H3,(H,25,28)(H,26,29)/t22-,24?/m0/s1. The molecule has 0 spiro atoms. The molecule has 2 amide bonds. The number of hydrogen-bond acceptors (Lipinski definition) is 4. The Bertz CT molecular complexity index is 1020. The molecule has 6 heteroatoms. The Kier molecular flexibility index (Phi) is 6.16. The number of carbonyl (C=O) groups is 2. The molecule has 0 saturated carbocycles. The van der Waals surface area contributed by atoms with Gasteiger partial charge in [0.1, 0.15) is 0 Å². The maximum Gasteiger partial charge on any atom is 0.242 e. The minimum atomic E-state index is -0.260. The number of hydrogen-bond donors (Lipinski definition) is 3. The van der Waals surface area contributed by atoms with Crippen LogP contribution in [0.15, 0.2) is 78.9 Å². The number of thioether (sulfide) groups is 1. The number of nitrogens with one attached hydrogen (secondary N) is 3. The molecule has 30 heavy (non-hydrogen) atoms. The Hall–Kier alpha value is -3.09. The molecule has 0 bridgehead atoms. The van der Waals surface area contributed by atoms with Crippen molar-refractivity contribution in [1.29, 1.82) is 0 Å². The lowest BCUT2D eigenvalue weighted by atomic mass is 10.1. The molecule has 0 aliphatic carbocycles. The van der Waals surface area contributed by atoms with Crippen molar-refractivity contribution in [3.8, 4) is 11.1 Å². The first kappa shape index (κ1) is 20.2. The lowest BCUT2D eigenvalue weighted by Gasteiger charge is -2.14. The van der Waals surface area contributed by atoms with Crippen molar-refractivity contribution in [2.75, 3.05) is 16.4 Å². The summed E-state index contributed by atoms with van der Waals surface area (Å²) in [7, 11) is 0. The van der Waals surface area contributed by atoms with E-state index in [-0.39, 0.29) is 23.2 Å². The number of amides is 2. The zero-order chi connectivity index (χ0) is 20.9. The van der Waals surface area contributed by atoms with Gasteiger partial charge in [-0.3, -0.25) is 14.9 Å². The molecule has 1 saturated heterocycles. The van der Waals surface area contributed by atoms with Crippen LogP contribution in [0.1, 0.15) is 17.9 Å². The number of rotatable bonds is 5. The van der Waals surface area contributed by atoms with Gasteiger partial charge in [0.15, 0.2) is 0 Å². The van der Waals surface area contributed by atoms with E-state index in [1.54, 1.807) is 11.8 Å². The van der Waals surface area contributed by atoms with E-state index in [0.717, 1.165) is 28.1 Å². The van der Waals surface area contributed by atoms with E-state index in [4.69, 9.17) is 0 Å². The average molecular weight is 418 g/mol. The zero-order valence-electron chi connectivity index (χ0n) is 16.6. The van der Waals surface area contributed by atoms with E-state index in [2.05, 4.69) is 28.1 Å². The van der Waals surface area contributed by atoms with Crippen molar-refractivity contribution in [2.24, 2.45) is 0 Å². The predicted octanol–water partition coefficient (Wildman–Crippen LogP) is 4.65. The fourth-order valence-corrected chi connectivity index (χ4v) is 4.61.